The predicted octanol–water partition coefficient (Wildman–Crippen LogP) is 5.88. The maximum absolute atomic E-state index is 13.2. The lowest BCUT2D eigenvalue weighted by atomic mass is 10.0. The van der Waals surface area contributed by atoms with E-state index in [9.17, 15) is 4.79 Å². The van der Waals surface area contributed by atoms with Crippen molar-refractivity contribution in [1.82, 2.24) is 30.1 Å². The van der Waals surface area contributed by atoms with E-state index in [2.05, 4.69) is 96.6 Å². The molecule has 4 aromatic rings. The first-order valence-electron chi connectivity index (χ1n) is 12.4. The molecule has 0 spiro atoms. The van der Waals surface area contributed by atoms with Crippen LogP contribution >= 0.6 is 11.3 Å². The van der Waals surface area contributed by atoms with Gasteiger partial charge in [0.1, 0.15) is 0 Å². The maximum atomic E-state index is 13.2. The number of aromatic nitrogens is 5. The van der Waals surface area contributed by atoms with Crippen LogP contribution in [0.5, 0.6) is 0 Å². The molecule has 0 aliphatic heterocycles. The van der Waals surface area contributed by atoms with Crippen LogP contribution in [-0.2, 0) is 18.6 Å². The zero-order chi connectivity index (χ0) is 25.2. The number of hydrogen-bond donors (Lipinski definition) is 1. The SMILES string of the molecule is CCC[C@@H](c1nnnn1C(C)(C)CC)N(Cc1cccs1)Cc1cc2cc(C)c(C)cc2[nH]c1=O. The number of nitrogens with one attached hydrogen (secondary N) is 1. The Morgan fingerprint density at radius 1 is 1.14 bits per heavy atom. The zero-order valence-corrected chi connectivity index (χ0v) is 22.4. The topological polar surface area (TPSA) is 79.7 Å². The third kappa shape index (κ3) is 5.38. The highest BCUT2D eigenvalue weighted by Gasteiger charge is 2.31. The van der Waals surface area contributed by atoms with Crippen LogP contribution in [-0.4, -0.2) is 30.1 Å². The van der Waals surface area contributed by atoms with Crippen LogP contribution in [0.1, 0.15) is 80.4 Å². The Kier molecular flexibility index (Phi) is 7.52. The fraction of sp³-hybridized carbons (Fsp3) is 0.481. The number of H-pyrrole nitrogens is 1. The van der Waals surface area contributed by atoms with Gasteiger partial charge in [-0.25, -0.2) is 4.68 Å². The number of nitrogens with zero attached hydrogens (tertiary/aromatic N) is 5. The average Bonchev–Trinajstić information content (AvgIpc) is 3.51. The van der Waals surface area contributed by atoms with Crippen LogP contribution in [0.2, 0.25) is 0 Å². The van der Waals surface area contributed by atoms with Crippen molar-refractivity contribution in [1.29, 1.82) is 0 Å². The van der Waals surface area contributed by atoms with Crippen LogP contribution in [0.3, 0.4) is 0 Å². The number of tetrazole rings is 1. The number of thiophene rings is 1. The number of aryl methyl sites for hydroxylation is 2. The number of pyridine rings is 1. The monoisotopic (exact) mass is 492 g/mol. The van der Waals surface area contributed by atoms with E-state index in [1.807, 2.05) is 10.7 Å². The van der Waals surface area contributed by atoms with E-state index in [0.29, 0.717) is 6.54 Å². The minimum absolute atomic E-state index is 0.0159. The van der Waals surface area contributed by atoms with E-state index in [0.717, 1.165) is 48.1 Å². The van der Waals surface area contributed by atoms with Crippen LogP contribution in [0.15, 0.2) is 40.5 Å². The molecule has 0 aliphatic rings. The molecular weight excluding hydrogens is 456 g/mol. The molecule has 0 saturated carbocycles. The van der Waals surface area contributed by atoms with E-state index in [-0.39, 0.29) is 17.1 Å². The first kappa shape index (κ1) is 25.3. The van der Waals surface area contributed by atoms with Gasteiger partial charge in [0.05, 0.1) is 11.6 Å². The molecule has 1 atom stereocenters. The van der Waals surface area contributed by atoms with Crippen molar-refractivity contribution in [3.05, 3.63) is 73.5 Å². The number of hydrogen-bond acceptors (Lipinski definition) is 6. The van der Waals surface area contributed by atoms with Gasteiger partial charge in [-0.1, -0.05) is 26.3 Å². The molecule has 35 heavy (non-hydrogen) atoms. The summed E-state index contributed by atoms with van der Waals surface area (Å²) in [7, 11) is 0. The van der Waals surface area contributed by atoms with Crippen molar-refractivity contribution < 1.29 is 0 Å². The summed E-state index contributed by atoms with van der Waals surface area (Å²) in [5, 5.41) is 16.1. The first-order valence-corrected chi connectivity index (χ1v) is 13.3. The summed E-state index contributed by atoms with van der Waals surface area (Å²) in [6.07, 6.45) is 2.80. The highest BCUT2D eigenvalue weighted by atomic mass is 32.1. The van der Waals surface area contributed by atoms with Gasteiger partial charge in [0, 0.05) is 29.0 Å². The molecule has 0 unspecified atom stereocenters. The molecule has 0 radical (unpaired) electrons. The quantitative estimate of drug-likeness (QED) is 0.299. The van der Waals surface area contributed by atoms with E-state index in [4.69, 9.17) is 0 Å². The van der Waals surface area contributed by atoms with Crippen LogP contribution in [0.25, 0.3) is 10.9 Å². The minimum atomic E-state index is -0.199. The molecule has 0 bridgehead atoms. The molecule has 1 aromatic carbocycles. The molecule has 0 saturated heterocycles. The van der Waals surface area contributed by atoms with Crippen molar-refractivity contribution in [2.24, 2.45) is 0 Å². The van der Waals surface area contributed by atoms with Gasteiger partial charge in [0.25, 0.3) is 5.56 Å². The van der Waals surface area contributed by atoms with E-state index >= 15 is 0 Å². The molecule has 1 N–H and O–H groups in total. The smallest absolute Gasteiger partial charge is 0.252 e. The largest absolute Gasteiger partial charge is 0.322 e. The summed E-state index contributed by atoms with van der Waals surface area (Å²) in [4.78, 5) is 19.9. The lowest BCUT2D eigenvalue weighted by molar-refractivity contribution is 0.147. The van der Waals surface area contributed by atoms with Crippen molar-refractivity contribution in [2.75, 3.05) is 0 Å². The van der Waals surface area contributed by atoms with Crippen LogP contribution < -0.4 is 5.56 Å². The Hall–Kier alpha value is -2.84. The maximum Gasteiger partial charge on any atom is 0.252 e. The Morgan fingerprint density at radius 2 is 1.91 bits per heavy atom. The van der Waals surface area contributed by atoms with Gasteiger partial charge in [-0.3, -0.25) is 9.69 Å². The molecule has 0 fully saturated rings. The van der Waals surface area contributed by atoms with Gasteiger partial charge in [-0.15, -0.1) is 16.4 Å². The van der Waals surface area contributed by atoms with Crippen molar-refractivity contribution in [3.63, 3.8) is 0 Å². The van der Waals surface area contributed by atoms with E-state index in [1.165, 1.54) is 16.0 Å². The summed E-state index contributed by atoms with van der Waals surface area (Å²) >= 11 is 1.73. The fourth-order valence-electron chi connectivity index (χ4n) is 4.47. The predicted molar refractivity (Wildman–Crippen MR) is 143 cm³/mol. The average molecular weight is 493 g/mol. The van der Waals surface area contributed by atoms with Gasteiger partial charge >= 0.3 is 0 Å². The van der Waals surface area contributed by atoms with Crippen LogP contribution in [0, 0.1) is 13.8 Å². The standard InChI is InChI=1S/C27H36N6OS/c1-7-10-24(25-29-30-31-33(25)27(5,6)8-2)32(17-22-11-9-12-35-22)16-21-15-20-13-18(3)19(4)14-23(20)28-26(21)34/h9,11-15,24H,7-8,10,16-17H2,1-6H3,(H,28,34)/t24-/m0/s1. The highest BCUT2D eigenvalue weighted by Crippen LogP contribution is 2.32. The third-order valence-electron chi connectivity index (χ3n) is 7.08. The molecule has 0 amide bonds. The van der Waals surface area contributed by atoms with Gasteiger partial charge in [-0.2, -0.15) is 0 Å². The van der Waals surface area contributed by atoms with Gasteiger partial charge in [0.15, 0.2) is 5.82 Å². The zero-order valence-electron chi connectivity index (χ0n) is 21.6. The van der Waals surface area contributed by atoms with Gasteiger partial charge < -0.3 is 4.98 Å². The van der Waals surface area contributed by atoms with Gasteiger partial charge in [-0.05, 0) is 97.1 Å². The fourth-order valence-corrected chi connectivity index (χ4v) is 5.20. The molecule has 0 aliphatic carbocycles. The second kappa shape index (κ2) is 10.4. The Bertz CT molecular complexity index is 1340. The number of benzene rings is 1. The van der Waals surface area contributed by atoms with Gasteiger partial charge in [0.2, 0.25) is 0 Å². The summed E-state index contributed by atoms with van der Waals surface area (Å²) in [6.45, 7) is 14.1. The third-order valence-corrected chi connectivity index (χ3v) is 7.94. The summed E-state index contributed by atoms with van der Waals surface area (Å²) in [5.74, 6) is 0.860. The Balaban J connectivity index is 1.78. The molecule has 3 heterocycles. The number of fused-ring (bicyclic) bond motifs is 1. The second-order valence-electron chi connectivity index (χ2n) is 10.1. The first-order chi connectivity index (χ1) is 16.7. The molecule has 4 rings (SSSR count). The Morgan fingerprint density at radius 3 is 2.60 bits per heavy atom. The molecule has 186 valence electrons. The van der Waals surface area contributed by atoms with Crippen molar-refractivity contribution >= 4 is 22.2 Å². The minimum Gasteiger partial charge on any atom is -0.322 e. The van der Waals surface area contributed by atoms with Crippen molar-refractivity contribution in [3.8, 4) is 0 Å². The second-order valence-corrected chi connectivity index (χ2v) is 11.1. The summed E-state index contributed by atoms with van der Waals surface area (Å²) < 4.78 is 1.98. The Labute approximate surface area is 211 Å². The van der Waals surface area contributed by atoms with Crippen LogP contribution in [0.4, 0.5) is 0 Å². The molecule has 8 heteroatoms. The lowest BCUT2D eigenvalue weighted by Crippen LogP contribution is -2.36. The van der Waals surface area contributed by atoms with Crippen molar-refractivity contribution in [2.45, 2.75) is 85.5 Å². The summed E-state index contributed by atoms with van der Waals surface area (Å²) in [6, 6.07) is 10.5. The normalized spacial score (nSPS) is 13.1. The number of aromatic amines is 1. The molecule has 3 aromatic heterocycles. The number of rotatable bonds is 10. The van der Waals surface area contributed by atoms with E-state index in [1.54, 1.807) is 11.3 Å². The highest BCUT2D eigenvalue weighted by molar-refractivity contribution is 7.09. The lowest BCUT2D eigenvalue weighted by Gasteiger charge is -2.33. The van der Waals surface area contributed by atoms with E-state index < -0.39 is 0 Å². The molecule has 7 nitrogen and oxygen atoms in total. The summed E-state index contributed by atoms with van der Waals surface area (Å²) in [5.41, 5.74) is 3.79. The molecular formula is C27H36N6OS.